The van der Waals surface area contributed by atoms with Gasteiger partial charge in [-0.1, -0.05) is 12.1 Å². The maximum Gasteiger partial charge on any atom is 0.238 e. The number of nitrogens with zero attached hydrogens (tertiary/aromatic N) is 3. The standard InChI is InChI=1S/C19H22N4O/c1-12-6-4-8-20-16(12)22-13-10-14(11-13)23-17-15(7-5-9-21-17)19(2,3)18(23)24/h4-9,13-14H,10-11H2,1-3H3,(H,20,22)/t13-,14-. The maximum absolute atomic E-state index is 12.9. The Hall–Kier alpha value is -2.43. The third-order valence-corrected chi connectivity index (χ3v) is 5.27. The maximum atomic E-state index is 12.9. The van der Waals surface area contributed by atoms with Gasteiger partial charge in [0.25, 0.3) is 0 Å². The predicted octanol–water partition coefficient (Wildman–Crippen LogP) is 3.05. The lowest BCUT2D eigenvalue weighted by Gasteiger charge is -2.42. The van der Waals surface area contributed by atoms with E-state index >= 15 is 0 Å². The van der Waals surface area contributed by atoms with Crippen molar-refractivity contribution in [3.63, 3.8) is 0 Å². The van der Waals surface area contributed by atoms with Gasteiger partial charge in [0.1, 0.15) is 11.6 Å². The van der Waals surface area contributed by atoms with Crippen molar-refractivity contribution in [2.45, 2.75) is 51.1 Å². The highest BCUT2D eigenvalue weighted by atomic mass is 16.2. The molecule has 5 heteroatoms. The van der Waals surface area contributed by atoms with Crippen molar-refractivity contribution < 1.29 is 4.79 Å². The summed E-state index contributed by atoms with van der Waals surface area (Å²) in [5.41, 5.74) is 1.69. The molecule has 3 heterocycles. The fourth-order valence-corrected chi connectivity index (χ4v) is 3.67. The van der Waals surface area contributed by atoms with Gasteiger partial charge in [0.05, 0.1) is 5.41 Å². The zero-order chi connectivity index (χ0) is 16.9. The lowest BCUT2D eigenvalue weighted by molar-refractivity contribution is -0.122. The van der Waals surface area contributed by atoms with Crippen LogP contribution in [0.4, 0.5) is 11.6 Å². The molecule has 1 saturated carbocycles. The van der Waals surface area contributed by atoms with Crippen molar-refractivity contribution in [2.75, 3.05) is 10.2 Å². The van der Waals surface area contributed by atoms with Gasteiger partial charge in [0.15, 0.2) is 0 Å². The van der Waals surface area contributed by atoms with E-state index < -0.39 is 5.41 Å². The van der Waals surface area contributed by atoms with Gasteiger partial charge in [-0.25, -0.2) is 9.97 Å². The Balaban J connectivity index is 1.50. The minimum absolute atomic E-state index is 0.161. The summed E-state index contributed by atoms with van der Waals surface area (Å²) in [5.74, 6) is 1.94. The second kappa shape index (κ2) is 5.30. The van der Waals surface area contributed by atoms with Crippen LogP contribution in [0.25, 0.3) is 0 Å². The molecule has 2 aromatic rings. The van der Waals surface area contributed by atoms with Crippen molar-refractivity contribution in [1.82, 2.24) is 9.97 Å². The quantitative estimate of drug-likeness (QED) is 0.943. The minimum Gasteiger partial charge on any atom is -0.367 e. The number of amides is 1. The first-order valence-electron chi connectivity index (χ1n) is 8.46. The van der Waals surface area contributed by atoms with E-state index in [2.05, 4.69) is 28.3 Å². The first-order chi connectivity index (χ1) is 11.5. The number of pyridine rings is 2. The van der Waals surface area contributed by atoms with Crippen LogP contribution in [-0.2, 0) is 10.2 Å². The number of aromatic nitrogens is 2. The summed E-state index contributed by atoms with van der Waals surface area (Å²) in [6.07, 6.45) is 5.42. The molecule has 5 nitrogen and oxygen atoms in total. The number of anilines is 2. The number of carbonyl (C=O) groups is 1. The Bertz CT molecular complexity index is 795. The molecule has 0 atom stereocenters. The first-order valence-corrected chi connectivity index (χ1v) is 8.46. The van der Waals surface area contributed by atoms with Crippen molar-refractivity contribution in [3.05, 3.63) is 47.8 Å². The topological polar surface area (TPSA) is 58.1 Å². The molecule has 1 aliphatic carbocycles. The third kappa shape index (κ3) is 2.19. The number of hydrogen-bond acceptors (Lipinski definition) is 4. The molecular weight excluding hydrogens is 300 g/mol. The molecule has 0 saturated heterocycles. The normalized spacial score (nSPS) is 24.5. The van der Waals surface area contributed by atoms with Crippen LogP contribution in [0.1, 0.15) is 37.8 Å². The van der Waals surface area contributed by atoms with Gasteiger partial charge in [0, 0.05) is 30.0 Å². The Morgan fingerprint density at radius 3 is 2.62 bits per heavy atom. The van der Waals surface area contributed by atoms with Gasteiger partial charge in [-0.3, -0.25) is 9.69 Å². The summed E-state index contributed by atoms with van der Waals surface area (Å²) in [4.78, 5) is 23.7. The van der Waals surface area contributed by atoms with E-state index in [9.17, 15) is 4.79 Å². The molecular formula is C19H22N4O. The number of rotatable bonds is 3. The Morgan fingerprint density at radius 2 is 1.88 bits per heavy atom. The second-order valence-electron chi connectivity index (χ2n) is 7.31. The molecule has 0 unspecified atom stereocenters. The molecule has 4 rings (SSSR count). The van der Waals surface area contributed by atoms with Crippen LogP contribution >= 0.6 is 0 Å². The fraction of sp³-hybridized carbons (Fsp3) is 0.421. The van der Waals surface area contributed by atoms with E-state index in [-0.39, 0.29) is 11.9 Å². The monoisotopic (exact) mass is 322 g/mol. The predicted molar refractivity (Wildman–Crippen MR) is 94.2 cm³/mol. The van der Waals surface area contributed by atoms with Gasteiger partial charge < -0.3 is 5.32 Å². The van der Waals surface area contributed by atoms with E-state index in [4.69, 9.17) is 0 Å². The Labute approximate surface area is 142 Å². The average molecular weight is 322 g/mol. The molecule has 124 valence electrons. The number of nitrogens with one attached hydrogen (secondary N) is 1. The van der Waals surface area contributed by atoms with Crippen LogP contribution in [0.2, 0.25) is 0 Å². The zero-order valence-electron chi connectivity index (χ0n) is 14.3. The summed E-state index contributed by atoms with van der Waals surface area (Å²) in [6, 6.07) is 8.50. The molecule has 0 bridgehead atoms. The molecule has 0 aromatic carbocycles. The summed E-state index contributed by atoms with van der Waals surface area (Å²) in [5, 5.41) is 3.49. The average Bonchev–Trinajstić information content (AvgIpc) is 2.73. The lowest BCUT2D eigenvalue weighted by Crippen LogP contribution is -2.53. The van der Waals surface area contributed by atoms with E-state index in [0.29, 0.717) is 6.04 Å². The third-order valence-electron chi connectivity index (χ3n) is 5.27. The number of fused-ring (bicyclic) bond motifs is 1. The molecule has 0 spiro atoms. The van der Waals surface area contributed by atoms with Gasteiger partial charge in [0.2, 0.25) is 5.91 Å². The smallest absolute Gasteiger partial charge is 0.238 e. The molecule has 0 radical (unpaired) electrons. The van der Waals surface area contributed by atoms with E-state index in [1.807, 2.05) is 36.9 Å². The van der Waals surface area contributed by atoms with Crippen LogP contribution in [0.5, 0.6) is 0 Å². The number of aryl methyl sites for hydroxylation is 1. The molecule has 2 aromatic heterocycles. The minimum atomic E-state index is -0.486. The highest BCUT2D eigenvalue weighted by Crippen LogP contribution is 2.44. The van der Waals surface area contributed by atoms with Crippen molar-refractivity contribution >= 4 is 17.5 Å². The van der Waals surface area contributed by atoms with Crippen LogP contribution in [0.15, 0.2) is 36.7 Å². The van der Waals surface area contributed by atoms with Crippen LogP contribution in [0, 0.1) is 6.92 Å². The summed E-state index contributed by atoms with van der Waals surface area (Å²) in [6.45, 7) is 6.03. The van der Waals surface area contributed by atoms with Gasteiger partial charge in [-0.2, -0.15) is 0 Å². The highest BCUT2D eigenvalue weighted by Gasteiger charge is 2.50. The van der Waals surface area contributed by atoms with Crippen molar-refractivity contribution in [2.24, 2.45) is 0 Å². The van der Waals surface area contributed by atoms with Crippen LogP contribution in [-0.4, -0.2) is 28.0 Å². The molecule has 1 amide bonds. The lowest BCUT2D eigenvalue weighted by atomic mass is 9.84. The molecule has 1 fully saturated rings. The summed E-state index contributed by atoms with van der Waals surface area (Å²) in [7, 11) is 0. The van der Waals surface area contributed by atoms with Crippen molar-refractivity contribution in [3.8, 4) is 0 Å². The van der Waals surface area contributed by atoms with E-state index in [1.54, 1.807) is 12.4 Å². The number of carbonyl (C=O) groups excluding carboxylic acids is 1. The summed E-state index contributed by atoms with van der Waals surface area (Å²) < 4.78 is 0. The molecule has 1 N–H and O–H groups in total. The molecule has 2 aliphatic rings. The largest absolute Gasteiger partial charge is 0.367 e. The first kappa shape index (κ1) is 15.1. The second-order valence-corrected chi connectivity index (χ2v) is 7.31. The van der Waals surface area contributed by atoms with Crippen molar-refractivity contribution in [1.29, 1.82) is 0 Å². The van der Waals surface area contributed by atoms with E-state index in [0.717, 1.165) is 35.6 Å². The number of hydrogen-bond donors (Lipinski definition) is 1. The molecule has 24 heavy (non-hydrogen) atoms. The van der Waals surface area contributed by atoms with Gasteiger partial charge in [-0.15, -0.1) is 0 Å². The van der Waals surface area contributed by atoms with Gasteiger partial charge >= 0.3 is 0 Å². The van der Waals surface area contributed by atoms with Gasteiger partial charge in [-0.05, 0) is 51.3 Å². The van der Waals surface area contributed by atoms with Crippen LogP contribution in [0.3, 0.4) is 0 Å². The van der Waals surface area contributed by atoms with E-state index in [1.165, 1.54) is 0 Å². The van der Waals surface area contributed by atoms with Crippen LogP contribution < -0.4 is 10.2 Å². The highest BCUT2D eigenvalue weighted by molar-refractivity contribution is 6.07. The Morgan fingerprint density at radius 1 is 1.17 bits per heavy atom. The molecule has 1 aliphatic heterocycles. The zero-order valence-corrected chi connectivity index (χ0v) is 14.3. The Kier molecular flexibility index (Phi) is 3.34. The SMILES string of the molecule is Cc1cccnc1N[C@H]1C[C@H](N2C(=O)C(C)(C)c3cccnc32)C1. The summed E-state index contributed by atoms with van der Waals surface area (Å²) >= 11 is 0. The fourth-order valence-electron chi connectivity index (χ4n) is 3.67.